The maximum Gasteiger partial charge on any atom is -0.0279 e. The van der Waals surface area contributed by atoms with E-state index in [1.165, 1.54) is 44.2 Å². The predicted octanol–water partition coefficient (Wildman–Crippen LogP) is 8.88. The van der Waals surface area contributed by atoms with E-state index in [4.69, 9.17) is 0 Å². The number of fused-ring (bicyclic) bond motifs is 1. The van der Waals surface area contributed by atoms with Crippen molar-refractivity contribution in [1.29, 1.82) is 0 Å². The van der Waals surface area contributed by atoms with E-state index in [0.29, 0.717) is 5.92 Å². The molecule has 0 aliphatic heterocycles. The van der Waals surface area contributed by atoms with Crippen molar-refractivity contribution in [2.45, 2.75) is 47.7 Å². The fraction of sp³-hybridized carbons (Fsp3) is 0.296. The molecule has 0 N–H and O–H groups in total. The van der Waals surface area contributed by atoms with Crippen LogP contribution in [0.25, 0.3) is 21.9 Å². The molecule has 1 unspecified atom stereocenters. The Morgan fingerprint density at radius 1 is 0.903 bits per heavy atom. The molecule has 0 nitrogen and oxygen atoms in total. The minimum atomic E-state index is 0. The normalized spacial score (nSPS) is 14.4. The second-order valence-corrected chi connectivity index (χ2v) is 14.7. The largest absolute Gasteiger partial charge is 0.165 e. The number of hydrogen-bond acceptors (Lipinski definition) is 0. The van der Waals surface area contributed by atoms with Gasteiger partial charge in [-0.3, -0.25) is 6.08 Å². The number of allylic oxidation sites excluding steroid dienone is 4. The van der Waals surface area contributed by atoms with Crippen LogP contribution in [0.3, 0.4) is 0 Å². The van der Waals surface area contributed by atoms with Gasteiger partial charge < -0.3 is 0 Å². The van der Waals surface area contributed by atoms with Crippen LogP contribution in [0.2, 0.25) is 13.1 Å². The van der Waals surface area contributed by atoms with Crippen molar-refractivity contribution in [3.63, 3.8) is 0 Å². The Morgan fingerprint density at radius 3 is 1.94 bits per heavy atom. The van der Waals surface area contributed by atoms with Gasteiger partial charge in [0, 0.05) is 0 Å². The van der Waals surface area contributed by atoms with Crippen LogP contribution in [0.1, 0.15) is 33.3 Å². The van der Waals surface area contributed by atoms with Gasteiger partial charge in [0.1, 0.15) is 0 Å². The zero-order valence-corrected chi connectivity index (χ0v) is 23.9. The summed E-state index contributed by atoms with van der Waals surface area (Å²) in [5.74, 6) is 0.560. The Labute approximate surface area is 213 Å². The average molecular weight is 505 g/mol. The van der Waals surface area contributed by atoms with Crippen molar-refractivity contribution in [1.82, 2.24) is 0 Å². The molecule has 1 aliphatic carbocycles. The van der Waals surface area contributed by atoms with E-state index in [9.17, 15) is 0 Å². The monoisotopic (exact) mass is 504 g/mol. The van der Waals surface area contributed by atoms with E-state index in [-0.39, 0.29) is 31.0 Å². The molecule has 0 radical (unpaired) electrons. The third-order valence-corrected chi connectivity index (χ3v) is 5.22. The van der Waals surface area contributed by atoms with Gasteiger partial charge in [0.05, 0.1) is 0 Å². The van der Waals surface area contributed by atoms with Crippen LogP contribution in [0.15, 0.2) is 77.4 Å². The Morgan fingerprint density at radius 2 is 1.48 bits per heavy atom. The molecule has 4 heteroatoms. The Hall–Kier alpha value is -0.959. The third-order valence-electron chi connectivity index (χ3n) is 5.22. The summed E-state index contributed by atoms with van der Waals surface area (Å²) in [5, 5.41) is 2.69. The molecule has 0 heterocycles. The molecule has 0 fully saturated rings. The van der Waals surface area contributed by atoms with Crippen LogP contribution in [0.5, 0.6) is 0 Å². The van der Waals surface area contributed by atoms with Crippen LogP contribution in [-0.2, 0) is 19.2 Å². The maximum atomic E-state index is 3.36. The molecule has 1 aliphatic rings. The summed E-state index contributed by atoms with van der Waals surface area (Å²) in [6.45, 7) is 15.4. The predicted molar refractivity (Wildman–Crippen MR) is 142 cm³/mol. The molecule has 3 aromatic rings. The molecule has 164 valence electrons. The zero-order valence-electron chi connectivity index (χ0n) is 19.7. The second-order valence-electron chi connectivity index (χ2n) is 8.01. The summed E-state index contributed by atoms with van der Waals surface area (Å²) in [6, 6.07) is 21.6. The quantitative estimate of drug-likeness (QED) is 0.229. The van der Waals surface area contributed by atoms with Crippen molar-refractivity contribution < 1.29 is 19.2 Å². The fourth-order valence-corrected chi connectivity index (χ4v) is 3.42. The van der Waals surface area contributed by atoms with E-state index in [1.54, 1.807) is 0 Å². The first kappa shape index (κ1) is 30.0. The molecule has 0 bridgehead atoms. The van der Waals surface area contributed by atoms with Crippen LogP contribution in [0.4, 0.5) is 0 Å². The first-order chi connectivity index (χ1) is 13.7. The topological polar surface area (TPSA) is 0 Å². The molecule has 1 atom stereocenters. The van der Waals surface area contributed by atoms with Crippen molar-refractivity contribution in [2.75, 3.05) is 0 Å². The van der Waals surface area contributed by atoms with E-state index < -0.39 is 0 Å². The Kier molecular flexibility index (Phi) is 13.8. The number of aryl methyl sites for hydroxylation is 1. The molecule has 31 heavy (non-hydrogen) atoms. The van der Waals surface area contributed by atoms with E-state index in [2.05, 4.69) is 134 Å². The minimum Gasteiger partial charge on any atom is -0.165 e. The summed E-state index contributed by atoms with van der Waals surface area (Å²) in [5.41, 5.74) is 8.19. The summed E-state index contributed by atoms with van der Waals surface area (Å²) in [6.07, 6.45) is 3.48. The number of hydrogen-bond donors (Lipinski definition) is 0. The van der Waals surface area contributed by atoms with Gasteiger partial charge in [0.25, 0.3) is 0 Å². The van der Waals surface area contributed by atoms with Gasteiger partial charge in [-0.05, 0) is 5.56 Å². The van der Waals surface area contributed by atoms with Gasteiger partial charge in [-0.15, -0.1) is 66.3 Å². The summed E-state index contributed by atoms with van der Waals surface area (Å²) < 4.78 is 0. The molecular formula is C27H34Cl2SiTi. The molecule has 0 amide bonds. The zero-order chi connectivity index (χ0) is 21.6. The van der Waals surface area contributed by atoms with E-state index in [0.717, 1.165) is 0 Å². The first-order valence-corrected chi connectivity index (χ1v) is 15.1. The fourth-order valence-electron chi connectivity index (χ4n) is 3.42. The smallest absolute Gasteiger partial charge is 0.0279 e. The van der Waals surface area contributed by atoms with E-state index >= 15 is 0 Å². The van der Waals surface area contributed by atoms with Crippen LogP contribution in [-0.4, -0.2) is 6.19 Å². The number of benzene rings is 2. The summed E-state index contributed by atoms with van der Waals surface area (Å²) >= 11 is 2.27. The van der Waals surface area contributed by atoms with Gasteiger partial charge in [-0.2, -0.15) is 17.2 Å². The van der Waals surface area contributed by atoms with E-state index in [1.807, 2.05) is 0 Å². The summed E-state index contributed by atoms with van der Waals surface area (Å²) in [4.78, 5) is 0. The van der Waals surface area contributed by atoms with Crippen LogP contribution in [0, 0.1) is 18.9 Å². The minimum absolute atomic E-state index is 0. The van der Waals surface area contributed by atoms with Crippen molar-refractivity contribution in [3.05, 3.63) is 89.0 Å². The van der Waals surface area contributed by atoms with Crippen molar-refractivity contribution in [3.8, 4) is 11.1 Å². The molecule has 4 rings (SSSR count). The molecule has 0 saturated heterocycles. The first-order valence-electron chi connectivity index (χ1n) is 10.2. The second kappa shape index (κ2) is 14.2. The maximum absolute atomic E-state index is 3.36. The Bertz CT molecular complexity index is 1040. The van der Waals surface area contributed by atoms with Gasteiger partial charge in [0.15, 0.2) is 0 Å². The SMILES string of the molecule is CC1=[C-]C(C)C(C)=C1C.C[Si](C)=[Ti+2].Cc1cc2c(-c3ccccc3)cccc2[cH-]1.Cl.Cl. The van der Waals surface area contributed by atoms with Gasteiger partial charge >= 0.3 is 38.5 Å². The molecule has 0 saturated carbocycles. The van der Waals surface area contributed by atoms with Crippen LogP contribution >= 0.6 is 24.8 Å². The third kappa shape index (κ3) is 8.83. The molecule has 0 aromatic heterocycles. The molecular weight excluding hydrogens is 471 g/mol. The summed E-state index contributed by atoms with van der Waals surface area (Å²) in [7, 11) is 0. The molecule has 0 spiro atoms. The van der Waals surface area contributed by atoms with Gasteiger partial charge in [-0.25, -0.2) is 5.57 Å². The standard InChI is InChI=1S/C16H13.C9H13.C2H6Si.2ClH.Ti/c1-12-10-14-8-5-9-15(16(14)11-12)13-6-3-2-4-7-13;1-6-5-7(2)9(4)8(6)3;1-3-2;;;/h2-11H,1H3;6H,1-4H3;1-2H3;2*1H;/q2*-1;;;;+2. The van der Waals surface area contributed by atoms with Crippen LogP contribution < -0.4 is 0 Å². The van der Waals surface area contributed by atoms with Crippen molar-refractivity contribution >= 4 is 41.8 Å². The van der Waals surface area contributed by atoms with Gasteiger partial charge in [-0.1, -0.05) is 75.6 Å². The average Bonchev–Trinajstić information content (AvgIpc) is 3.16. The number of halogens is 2. The van der Waals surface area contributed by atoms with Crippen molar-refractivity contribution in [2.24, 2.45) is 5.92 Å². The molecule has 3 aromatic carbocycles. The van der Waals surface area contributed by atoms with Gasteiger partial charge in [0.2, 0.25) is 0 Å². The Balaban J connectivity index is 0.000000516. The number of rotatable bonds is 1.